The molecule has 0 radical (unpaired) electrons. The zero-order valence-electron chi connectivity index (χ0n) is 15.4. The molecule has 3 nitrogen and oxygen atoms in total. The number of nitrogens with one attached hydrogen (secondary N) is 1. The molecule has 1 saturated heterocycles. The van der Waals surface area contributed by atoms with Crippen LogP contribution in [0.5, 0.6) is 0 Å². The summed E-state index contributed by atoms with van der Waals surface area (Å²) >= 11 is 0. The SMILES string of the molecule is CC.CC.CC1=CC=C(C2(C)CCOC2)C(CN(C)C)N1. The fourth-order valence-electron chi connectivity index (χ4n) is 2.76. The first kappa shape index (κ1) is 20.2. The minimum atomic E-state index is 0.213. The molecule has 0 aromatic carbocycles. The van der Waals surface area contributed by atoms with Crippen LogP contribution in [0.1, 0.15) is 48.0 Å². The maximum absolute atomic E-state index is 5.59. The Bertz CT molecular complexity index is 339. The summed E-state index contributed by atoms with van der Waals surface area (Å²) in [5.74, 6) is 0. The number of ether oxygens (including phenoxy) is 1. The highest BCUT2D eigenvalue weighted by molar-refractivity contribution is 5.32. The van der Waals surface area contributed by atoms with Crippen molar-refractivity contribution >= 4 is 0 Å². The molecule has 21 heavy (non-hydrogen) atoms. The van der Waals surface area contributed by atoms with Crippen LogP contribution in [0.15, 0.2) is 23.4 Å². The minimum Gasteiger partial charge on any atom is -0.381 e. The first-order chi connectivity index (χ1) is 10.0. The average molecular weight is 296 g/mol. The summed E-state index contributed by atoms with van der Waals surface area (Å²) in [6, 6.07) is 0.418. The average Bonchev–Trinajstić information content (AvgIpc) is 2.90. The van der Waals surface area contributed by atoms with Crippen molar-refractivity contribution in [2.75, 3.05) is 33.9 Å². The van der Waals surface area contributed by atoms with E-state index in [0.717, 1.165) is 26.2 Å². The second kappa shape index (κ2) is 10.0. The van der Waals surface area contributed by atoms with Crippen LogP contribution in [-0.2, 0) is 4.74 Å². The third-order valence-corrected chi connectivity index (χ3v) is 3.75. The molecular weight excluding hydrogens is 260 g/mol. The Hall–Kier alpha value is -0.800. The third kappa shape index (κ3) is 5.84. The van der Waals surface area contributed by atoms with Crippen LogP contribution < -0.4 is 5.32 Å². The van der Waals surface area contributed by atoms with E-state index in [1.54, 1.807) is 0 Å². The van der Waals surface area contributed by atoms with Gasteiger partial charge in [0.2, 0.25) is 0 Å². The van der Waals surface area contributed by atoms with E-state index in [-0.39, 0.29) is 5.41 Å². The van der Waals surface area contributed by atoms with Crippen LogP contribution in [0.3, 0.4) is 0 Å². The van der Waals surface area contributed by atoms with E-state index in [0.29, 0.717) is 6.04 Å². The first-order valence-corrected chi connectivity index (χ1v) is 8.39. The number of allylic oxidation sites excluding steroid dienone is 3. The van der Waals surface area contributed by atoms with Gasteiger partial charge in [0.15, 0.2) is 0 Å². The van der Waals surface area contributed by atoms with E-state index < -0.39 is 0 Å². The van der Waals surface area contributed by atoms with Gasteiger partial charge in [-0.25, -0.2) is 0 Å². The largest absolute Gasteiger partial charge is 0.381 e. The molecule has 0 bridgehead atoms. The monoisotopic (exact) mass is 296 g/mol. The zero-order chi connectivity index (χ0) is 16.5. The van der Waals surface area contributed by atoms with Gasteiger partial charge in [-0.15, -0.1) is 0 Å². The smallest absolute Gasteiger partial charge is 0.0606 e. The van der Waals surface area contributed by atoms with Gasteiger partial charge in [-0.2, -0.15) is 0 Å². The van der Waals surface area contributed by atoms with Gasteiger partial charge < -0.3 is 15.0 Å². The number of nitrogens with zero attached hydrogens (tertiary/aromatic N) is 1. The normalized spacial score (nSPS) is 27.6. The number of likely N-dealkylation sites (N-methyl/N-ethyl adjacent to an activating group) is 1. The Morgan fingerprint density at radius 1 is 1.24 bits per heavy atom. The lowest BCUT2D eigenvalue weighted by molar-refractivity contribution is 0.167. The topological polar surface area (TPSA) is 24.5 Å². The molecule has 1 fully saturated rings. The van der Waals surface area contributed by atoms with E-state index in [9.17, 15) is 0 Å². The molecule has 0 aromatic rings. The third-order valence-electron chi connectivity index (χ3n) is 3.75. The molecule has 0 saturated carbocycles. The number of dihydropyridines is 1. The van der Waals surface area contributed by atoms with Crippen LogP contribution in [0.2, 0.25) is 0 Å². The molecule has 0 spiro atoms. The highest BCUT2D eigenvalue weighted by atomic mass is 16.5. The van der Waals surface area contributed by atoms with E-state index in [1.807, 2.05) is 27.7 Å². The molecule has 2 heterocycles. The van der Waals surface area contributed by atoms with Crippen LogP contribution in [0, 0.1) is 5.41 Å². The maximum atomic E-state index is 5.59. The number of hydrogen-bond acceptors (Lipinski definition) is 3. The molecule has 2 atom stereocenters. The minimum absolute atomic E-state index is 0.213. The molecule has 0 amide bonds. The zero-order valence-corrected chi connectivity index (χ0v) is 15.4. The van der Waals surface area contributed by atoms with Gasteiger partial charge in [0.25, 0.3) is 0 Å². The van der Waals surface area contributed by atoms with Crippen molar-refractivity contribution in [1.82, 2.24) is 10.2 Å². The highest BCUT2D eigenvalue weighted by Crippen LogP contribution is 2.39. The van der Waals surface area contributed by atoms with E-state index in [4.69, 9.17) is 4.74 Å². The van der Waals surface area contributed by atoms with Crippen LogP contribution >= 0.6 is 0 Å². The lowest BCUT2D eigenvalue weighted by Gasteiger charge is -2.36. The number of rotatable bonds is 3. The molecular formula is C18H36N2O. The second-order valence-electron chi connectivity index (χ2n) is 5.79. The molecule has 2 rings (SSSR count). The van der Waals surface area contributed by atoms with Crippen molar-refractivity contribution in [3.05, 3.63) is 23.4 Å². The molecule has 2 aliphatic rings. The highest BCUT2D eigenvalue weighted by Gasteiger charge is 2.38. The summed E-state index contributed by atoms with van der Waals surface area (Å²) in [4.78, 5) is 2.24. The predicted octanol–water partition coefficient (Wildman–Crippen LogP) is 3.83. The Balaban J connectivity index is 0.000000921. The van der Waals surface area contributed by atoms with Crippen molar-refractivity contribution in [1.29, 1.82) is 0 Å². The van der Waals surface area contributed by atoms with Crippen LogP contribution in [0.4, 0.5) is 0 Å². The van der Waals surface area contributed by atoms with Crippen molar-refractivity contribution in [3.8, 4) is 0 Å². The van der Waals surface area contributed by atoms with Gasteiger partial charge in [-0.1, -0.05) is 40.7 Å². The number of hydrogen-bond donors (Lipinski definition) is 1. The summed E-state index contributed by atoms with van der Waals surface area (Å²) in [5, 5.41) is 3.60. The Labute approximate surface area is 132 Å². The Morgan fingerprint density at radius 2 is 1.86 bits per heavy atom. The quantitative estimate of drug-likeness (QED) is 0.856. The van der Waals surface area contributed by atoms with E-state index in [2.05, 4.69) is 50.3 Å². The standard InChI is InChI=1S/C14H24N2O.2C2H6/c1-11-5-6-12(13(15-11)9-16(3)4)14(2)7-8-17-10-14;2*1-2/h5-6,13,15H,7-10H2,1-4H3;2*1-2H3. The molecule has 1 N–H and O–H groups in total. The van der Waals surface area contributed by atoms with E-state index >= 15 is 0 Å². The fraction of sp³-hybridized carbons (Fsp3) is 0.778. The predicted molar refractivity (Wildman–Crippen MR) is 93.6 cm³/mol. The van der Waals surface area contributed by atoms with Crippen molar-refractivity contribution in [2.45, 2.75) is 54.0 Å². The van der Waals surface area contributed by atoms with Gasteiger partial charge in [0.1, 0.15) is 0 Å². The van der Waals surface area contributed by atoms with Crippen molar-refractivity contribution in [2.24, 2.45) is 5.41 Å². The van der Waals surface area contributed by atoms with E-state index in [1.165, 1.54) is 11.3 Å². The van der Waals surface area contributed by atoms with Gasteiger partial charge >= 0.3 is 0 Å². The van der Waals surface area contributed by atoms with Gasteiger partial charge in [0, 0.05) is 24.3 Å². The summed E-state index contributed by atoms with van der Waals surface area (Å²) in [5.41, 5.74) is 2.96. The summed E-state index contributed by atoms with van der Waals surface area (Å²) < 4.78 is 5.59. The summed E-state index contributed by atoms with van der Waals surface area (Å²) in [7, 11) is 4.25. The van der Waals surface area contributed by atoms with Gasteiger partial charge in [-0.3, -0.25) is 0 Å². The molecule has 3 heteroatoms. The van der Waals surface area contributed by atoms with Crippen LogP contribution in [0.25, 0.3) is 0 Å². The van der Waals surface area contributed by atoms with Gasteiger partial charge in [0.05, 0.1) is 12.6 Å². The van der Waals surface area contributed by atoms with Crippen LogP contribution in [-0.4, -0.2) is 44.8 Å². The fourth-order valence-corrected chi connectivity index (χ4v) is 2.76. The van der Waals surface area contributed by atoms with Crippen molar-refractivity contribution < 1.29 is 4.74 Å². The lowest BCUT2D eigenvalue weighted by atomic mass is 9.76. The molecule has 2 aliphatic heterocycles. The lowest BCUT2D eigenvalue weighted by Crippen LogP contribution is -2.44. The Kier molecular flexibility index (Phi) is 9.63. The molecule has 0 aliphatic carbocycles. The molecule has 2 unspecified atom stereocenters. The molecule has 0 aromatic heterocycles. The van der Waals surface area contributed by atoms with Crippen molar-refractivity contribution in [3.63, 3.8) is 0 Å². The Morgan fingerprint density at radius 3 is 2.33 bits per heavy atom. The first-order valence-electron chi connectivity index (χ1n) is 8.39. The summed E-state index contributed by atoms with van der Waals surface area (Å²) in [6.07, 6.45) is 5.62. The van der Waals surface area contributed by atoms with Gasteiger partial charge in [-0.05, 0) is 39.1 Å². The summed E-state index contributed by atoms with van der Waals surface area (Å²) in [6.45, 7) is 15.2. The second-order valence-corrected chi connectivity index (χ2v) is 5.79. The molecule has 124 valence electrons. The maximum Gasteiger partial charge on any atom is 0.0606 e.